The van der Waals surface area contributed by atoms with Crippen LogP contribution in [0, 0.1) is 11.2 Å². The molecule has 9 nitrogen and oxygen atoms in total. The first kappa shape index (κ1) is 21.2. The zero-order valence-corrected chi connectivity index (χ0v) is 16.1. The smallest absolute Gasteiger partial charge is 0.259 e. The highest BCUT2D eigenvalue weighted by molar-refractivity contribution is 6.04. The van der Waals surface area contributed by atoms with E-state index >= 15 is 0 Å². The van der Waals surface area contributed by atoms with Crippen LogP contribution < -0.4 is 20.7 Å². The number of methoxy groups -OCH3 is 1. The van der Waals surface area contributed by atoms with Crippen LogP contribution in [-0.2, 0) is 14.3 Å². The van der Waals surface area contributed by atoms with Gasteiger partial charge in [-0.1, -0.05) is 0 Å². The molecule has 1 unspecified atom stereocenters. The van der Waals surface area contributed by atoms with Gasteiger partial charge in [0, 0.05) is 23.9 Å². The fraction of sp³-hybridized carbons (Fsp3) is 0.250. The van der Waals surface area contributed by atoms with Gasteiger partial charge in [0.25, 0.3) is 11.8 Å². The second-order valence-corrected chi connectivity index (χ2v) is 6.52. The number of aliphatic hydroxyl groups is 1. The molecule has 1 heterocycles. The topological polar surface area (TPSA) is 138 Å². The molecule has 5 N–H and O–H groups in total. The van der Waals surface area contributed by atoms with Crippen molar-refractivity contribution in [2.45, 2.75) is 12.2 Å². The molecule has 1 saturated heterocycles. The number of amides is 2. The lowest BCUT2D eigenvalue weighted by Gasteiger charge is -2.34. The molecule has 30 heavy (non-hydrogen) atoms. The number of halogens is 1. The Bertz CT molecular complexity index is 966. The van der Waals surface area contributed by atoms with Gasteiger partial charge in [-0.15, -0.1) is 0 Å². The van der Waals surface area contributed by atoms with Gasteiger partial charge in [-0.2, -0.15) is 0 Å². The third kappa shape index (κ3) is 4.39. The number of ether oxygens (including phenoxy) is 2. The number of carbonyl (C=O) groups is 2. The fourth-order valence-electron chi connectivity index (χ4n) is 3.03. The summed E-state index contributed by atoms with van der Waals surface area (Å²) in [6.07, 6.45) is -3.22. The number of rotatable bonds is 6. The fourth-order valence-corrected chi connectivity index (χ4v) is 3.03. The van der Waals surface area contributed by atoms with E-state index in [1.807, 2.05) is 0 Å². The molecular weight excluding hydrogens is 395 g/mol. The maximum atomic E-state index is 13.5. The molecule has 2 aromatic rings. The van der Waals surface area contributed by atoms with E-state index in [0.29, 0.717) is 16.9 Å². The van der Waals surface area contributed by atoms with Gasteiger partial charge in [0.2, 0.25) is 0 Å². The first-order valence-corrected chi connectivity index (χ1v) is 9.01. The molecule has 3 rings (SSSR count). The number of hydrogen-bond acceptors (Lipinski definition) is 6. The zero-order valence-electron chi connectivity index (χ0n) is 16.1. The molecule has 0 aromatic heterocycles. The van der Waals surface area contributed by atoms with Crippen molar-refractivity contribution in [1.29, 1.82) is 5.41 Å². The number of morpholine rings is 1. The molecule has 0 aliphatic carbocycles. The largest absolute Gasteiger partial charge is 0.494 e. The minimum Gasteiger partial charge on any atom is -0.494 e. The molecule has 0 spiro atoms. The normalized spacial score (nSPS) is 17.4. The number of nitrogens with zero attached hydrogens (tertiary/aromatic N) is 1. The van der Waals surface area contributed by atoms with Crippen molar-refractivity contribution < 1.29 is 28.6 Å². The van der Waals surface area contributed by atoms with Crippen molar-refractivity contribution in [2.75, 3.05) is 30.5 Å². The predicted octanol–water partition coefficient (Wildman–Crippen LogP) is 0.850. The second kappa shape index (κ2) is 8.89. The Hall–Kier alpha value is -3.50. The second-order valence-electron chi connectivity index (χ2n) is 6.52. The average molecular weight is 416 g/mol. The highest BCUT2D eigenvalue weighted by atomic mass is 19.1. The van der Waals surface area contributed by atoms with Crippen LogP contribution in [0.4, 0.5) is 15.8 Å². The minimum atomic E-state index is -1.78. The Morgan fingerprint density at radius 2 is 2.07 bits per heavy atom. The van der Waals surface area contributed by atoms with Gasteiger partial charge < -0.3 is 30.5 Å². The Morgan fingerprint density at radius 1 is 1.37 bits per heavy atom. The minimum absolute atomic E-state index is 0.0641. The van der Waals surface area contributed by atoms with Crippen LogP contribution in [0.3, 0.4) is 0 Å². The maximum Gasteiger partial charge on any atom is 0.259 e. The average Bonchev–Trinajstić information content (AvgIpc) is 2.74. The van der Waals surface area contributed by atoms with Gasteiger partial charge in [-0.25, -0.2) is 4.39 Å². The number of nitrogens with two attached hydrogens (primary N) is 1. The lowest BCUT2D eigenvalue weighted by atomic mass is 10.1. The number of aliphatic hydroxyl groups excluding tert-OH is 1. The maximum absolute atomic E-state index is 13.5. The summed E-state index contributed by atoms with van der Waals surface area (Å²) in [7, 11) is 1.35. The van der Waals surface area contributed by atoms with Crippen LogP contribution in [0.2, 0.25) is 0 Å². The number of benzene rings is 2. The monoisotopic (exact) mass is 416 g/mol. The highest BCUT2D eigenvalue weighted by Crippen LogP contribution is 2.31. The molecule has 0 saturated carbocycles. The summed E-state index contributed by atoms with van der Waals surface area (Å²) < 4.78 is 24.0. The number of amidine groups is 1. The lowest BCUT2D eigenvalue weighted by molar-refractivity contribution is -0.150. The first-order valence-electron chi connectivity index (χ1n) is 9.01. The van der Waals surface area contributed by atoms with Gasteiger partial charge >= 0.3 is 0 Å². The van der Waals surface area contributed by atoms with Gasteiger partial charge in [0.05, 0.1) is 19.4 Å². The molecule has 2 atom stereocenters. The molecule has 158 valence electrons. The van der Waals surface area contributed by atoms with Crippen molar-refractivity contribution in [1.82, 2.24) is 0 Å². The van der Waals surface area contributed by atoms with Crippen molar-refractivity contribution in [3.05, 3.63) is 53.8 Å². The van der Waals surface area contributed by atoms with E-state index in [-0.39, 0.29) is 24.7 Å². The van der Waals surface area contributed by atoms with Crippen molar-refractivity contribution in [2.24, 2.45) is 5.73 Å². The number of hydrogen-bond donors (Lipinski definition) is 4. The first-order chi connectivity index (χ1) is 14.3. The van der Waals surface area contributed by atoms with Crippen molar-refractivity contribution >= 4 is 29.0 Å². The highest BCUT2D eigenvalue weighted by Gasteiger charge is 2.40. The summed E-state index contributed by atoms with van der Waals surface area (Å²) in [6, 6.07) is 9.81. The summed E-state index contributed by atoms with van der Waals surface area (Å²) in [5.41, 5.74) is 6.52. The summed E-state index contributed by atoms with van der Waals surface area (Å²) in [4.78, 5) is 26.6. The number of nitrogens with one attached hydrogen (secondary N) is 2. The third-order valence-corrected chi connectivity index (χ3v) is 4.57. The SMILES string of the molecule is COc1cc(F)ccc1N1CCO[C@H](C(O)C(=O)Nc2ccc(C(=N)N)cc2)C1=O. The van der Waals surface area contributed by atoms with Crippen LogP contribution in [0.5, 0.6) is 5.75 Å². The molecular formula is C20H21FN4O5. The summed E-state index contributed by atoms with van der Waals surface area (Å²) in [5, 5.41) is 20.3. The molecule has 2 aromatic carbocycles. The third-order valence-electron chi connectivity index (χ3n) is 4.57. The Morgan fingerprint density at radius 3 is 2.70 bits per heavy atom. The van der Waals surface area contributed by atoms with E-state index in [0.717, 1.165) is 6.07 Å². The van der Waals surface area contributed by atoms with Crippen molar-refractivity contribution in [3.8, 4) is 5.75 Å². The molecule has 1 fully saturated rings. The Balaban J connectivity index is 1.74. The van der Waals surface area contributed by atoms with Crippen LogP contribution in [0.15, 0.2) is 42.5 Å². The van der Waals surface area contributed by atoms with E-state index in [1.54, 1.807) is 0 Å². The standard InChI is InChI=1S/C20H21FN4O5/c1-29-15-10-12(21)4-7-14(15)25-8-9-30-17(20(25)28)16(26)19(27)24-13-5-2-11(3-6-13)18(22)23/h2-7,10,16-17,26H,8-9H2,1H3,(H3,22,23)(H,24,27)/t16?,17-/m1/s1. The molecule has 1 aliphatic rings. The number of anilines is 2. The molecule has 0 bridgehead atoms. The zero-order chi connectivity index (χ0) is 21.8. The van der Waals surface area contributed by atoms with E-state index in [9.17, 15) is 19.1 Å². The molecule has 1 aliphatic heterocycles. The molecule has 2 amide bonds. The Kier molecular flexibility index (Phi) is 6.28. The summed E-state index contributed by atoms with van der Waals surface area (Å²) >= 11 is 0. The quantitative estimate of drug-likeness (QED) is 0.407. The van der Waals surface area contributed by atoms with Crippen LogP contribution in [0.25, 0.3) is 0 Å². The molecule has 0 radical (unpaired) electrons. The number of nitrogen functional groups attached to an aromatic ring is 1. The van der Waals surface area contributed by atoms with Gasteiger partial charge in [0.15, 0.2) is 12.2 Å². The van der Waals surface area contributed by atoms with Crippen LogP contribution in [-0.4, -0.2) is 55.2 Å². The van der Waals surface area contributed by atoms with E-state index < -0.39 is 29.8 Å². The predicted molar refractivity (Wildman–Crippen MR) is 107 cm³/mol. The lowest BCUT2D eigenvalue weighted by Crippen LogP contribution is -2.55. The summed E-state index contributed by atoms with van der Waals surface area (Å²) in [5.74, 6) is -1.99. The van der Waals surface area contributed by atoms with Gasteiger partial charge in [-0.05, 0) is 36.4 Å². The van der Waals surface area contributed by atoms with Crippen molar-refractivity contribution in [3.63, 3.8) is 0 Å². The molecule has 10 heteroatoms. The van der Waals surface area contributed by atoms with Crippen LogP contribution in [0.1, 0.15) is 5.56 Å². The Labute approximate surface area is 171 Å². The van der Waals surface area contributed by atoms with Gasteiger partial charge in [-0.3, -0.25) is 15.0 Å². The van der Waals surface area contributed by atoms with E-state index in [2.05, 4.69) is 5.32 Å². The number of carbonyl (C=O) groups excluding carboxylic acids is 2. The van der Waals surface area contributed by atoms with Crippen LogP contribution >= 0.6 is 0 Å². The summed E-state index contributed by atoms with van der Waals surface area (Å²) in [6.45, 7) is 0.215. The van der Waals surface area contributed by atoms with Gasteiger partial charge in [0.1, 0.15) is 17.4 Å². The van der Waals surface area contributed by atoms with E-state index in [1.165, 1.54) is 48.4 Å². The van der Waals surface area contributed by atoms with E-state index in [4.69, 9.17) is 20.6 Å².